The number of hydrogen-bond donors (Lipinski definition) is 1. The molecular formula is C23H27N3O3S3. The molecule has 1 N–H and O–H groups in total. The molecule has 0 spiro atoms. The Hall–Kier alpha value is -1.97. The fraction of sp³-hybridized carbons (Fsp3) is 0.478. The van der Waals surface area contributed by atoms with Crippen LogP contribution in [0.3, 0.4) is 0 Å². The molecule has 0 bridgehead atoms. The van der Waals surface area contributed by atoms with Crippen molar-refractivity contribution < 1.29 is 14.3 Å². The molecule has 4 rings (SSSR count). The lowest BCUT2D eigenvalue weighted by atomic mass is 9.88. The summed E-state index contributed by atoms with van der Waals surface area (Å²) in [6.45, 7) is 10.0. The summed E-state index contributed by atoms with van der Waals surface area (Å²) in [7, 11) is 0. The van der Waals surface area contributed by atoms with E-state index in [1.54, 1.807) is 17.7 Å². The van der Waals surface area contributed by atoms with Crippen LogP contribution in [0.25, 0.3) is 10.2 Å². The highest BCUT2D eigenvalue weighted by molar-refractivity contribution is 8.00. The van der Waals surface area contributed by atoms with Gasteiger partial charge in [-0.25, -0.2) is 14.8 Å². The number of anilines is 1. The highest BCUT2D eigenvalue weighted by Crippen LogP contribution is 2.40. The summed E-state index contributed by atoms with van der Waals surface area (Å²) < 4.78 is 5.50. The quantitative estimate of drug-likeness (QED) is 0.268. The molecule has 1 aliphatic rings. The second-order valence-electron chi connectivity index (χ2n) is 8.49. The first-order chi connectivity index (χ1) is 15.2. The van der Waals surface area contributed by atoms with E-state index in [0.717, 1.165) is 45.6 Å². The number of carbonyl (C=O) groups excluding carboxylic acids is 2. The minimum atomic E-state index is -0.350. The van der Waals surface area contributed by atoms with Gasteiger partial charge in [-0.3, -0.25) is 4.79 Å². The topological polar surface area (TPSA) is 81.2 Å². The first-order valence-electron chi connectivity index (χ1n) is 10.7. The van der Waals surface area contributed by atoms with E-state index in [1.807, 2.05) is 13.8 Å². The lowest BCUT2D eigenvalue weighted by Gasteiger charge is -2.18. The van der Waals surface area contributed by atoms with Crippen molar-refractivity contribution in [3.8, 4) is 0 Å². The highest BCUT2D eigenvalue weighted by Gasteiger charge is 2.29. The van der Waals surface area contributed by atoms with Crippen LogP contribution in [0.5, 0.6) is 0 Å². The van der Waals surface area contributed by atoms with Crippen LogP contribution in [-0.4, -0.2) is 33.7 Å². The molecule has 1 unspecified atom stereocenters. The van der Waals surface area contributed by atoms with Crippen molar-refractivity contribution in [2.45, 2.75) is 65.0 Å². The van der Waals surface area contributed by atoms with Crippen molar-refractivity contribution in [2.24, 2.45) is 5.92 Å². The number of fused-ring (bicyclic) bond motifs is 2. The van der Waals surface area contributed by atoms with Gasteiger partial charge in [0.05, 0.1) is 17.4 Å². The summed E-state index contributed by atoms with van der Waals surface area (Å²) in [5.74, 6) is 0.276. The van der Waals surface area contributed by atoms with Crippen molar-refractivity contribution in [3.05, 3.63) is 32.8 Å². The molecule has 0 saturated carbocycles. The SMILES string of the molecule is Cc1sc2ncnc(SCC(=O)Nc3sc4c(c3C(=O)OC(C)C)CCC(C)C4)c2c1C. The van der Waals surface area contributed by atoms with Gasteiger partial charge in [-0.15, -0.1) is 22.7 Å². The predicted octanol–water partition coefficient (Wildman–Crippen LogP) is 5.79. The van der Waals surface area contributed by atoms with Crippen LogP contribution in [0, 0.1) is 19.8 Å². The van der Waals surface area contributed by atoms with E-state index >= 15 is 0 Å². The van der Waals surface area contributed by atoms with Crippen LogP contribution in [0.15, 0.2) is 11.4 Å². The number of amides is 1. The molecule has 0 radical (unpaired) electrons. The number of hydrogen-bond acceptors (Lipinski definition) is 8. The van der Waals surface area contributed by atoms with Crippen LogP contribution in [0.1, 0.15) is 58.4 Å². The van der Waals surface area contributed by atoms with Gasteiger partial charge in [-0.2, -0.15) is 0 Å². The molecule has 0 fully saturated rings. The van der Waals surface area contributed by atoms with Gasteiger partial charge in [0, 0.05) is 15.1 Å². The lowest BCUT2D eigenvalue weighted by molar-refractivity contribution is -0.113. The molecule has 1 amide bonds. The molecular weight excluding hydrogens is 462 g/mol. The molecule has 0 saturated heterocycles. The van der Waals surface area contributed by atoms with Gasteiger partial charge in [0.15, 0.2) is 0 Å². The van der Waals surface area contributed by atoms with Crippen molar-refractivity contribution in [1.29, 1.82) is 0 Å². The van der Waals surface area contributed by atoms with E-state index in [1.165, 1.54) is 32.9 Å². The minimum Gasteiger partial charge on any atom is -0.459 e. The van der Waals surface area contributed by atoms with Gasteiger partial charge < -0.3 is 10.1 Å². The fourth-order valence-electron chi connectivity index (χ4n) is 3.88. The maximum absolute atomic E-state index is 12.9. The number of ether oxygens (including phenoxy) is 1. The van der Waals surface area contributed by atoms with E-state index in [4.69, 9.17) is 4.74 Å². The predicted molar refractivity (Wildman–Crippen MR) is 132 cm³/mol. The number of aromatic nitrogens is 2. The number of rotatable bonds is 6. The molecule has 1 aliphatic carbocycles. The third kappa shape index (κ3) is 4.70. The largest absolute Gasteiger partial charge is 0.459 e. The molecule has 0 aromatic carbocycles. The van der Waals surface area contributed by atoms with Gasteiger partial charge in [0.1, 0.15) is 21.2 Å². The first-order valence-corrected chi connectivity index (χ1v) is 13.3. The number of thioether (sulfide) groups is 1. The van der Waals surface area contributed by atoms with E-state index < -0.39 is 0 Å². The number of nitrogens with one attached hydrogen (secondary N) is 1. The Morgan fingerprint density at radius 2 is 2.06 bits per heavy atom. The Labute approximate surface area is 200 Å². The van der Waals surface area contributed by atoms with Crippen molar-refractivity contribution in [3.63, 3.8) is 0 Å². The number of nitrogens with zero attached hydrogens (tertiary/aromatic N) is 2. The summed E-state index contributed by atoms with van der Waals surface area (Å²) in [4.78, 5) is 37.8. The lowest BCUT2D eigenvalue weighted by Crippen LogP contribution is -2.19. The van der Waals surface area contributed by atoms with Crippen molar-refractivity contribution >= 4 is 61.5 Å². The van der Waals surface area contributed by atoms with Gasteiger partial charge >= 0.3 is 5.97 Å². The molecule has 170 valence electrons. The third-order valence-corrected chi connectivity index (χ3v) is 8.86. The first kappa shape index (κ1) is 23.2. The number of aryl methyl sites for hydroxylation is 2. The molecule has 32 heavy (non-hydrogen) atoms. The zero-order valence-electron chi connectivity index (χ0n) is 18.9. The van der Waals surface area contributed by atoms with Gasteiger partial charge in [-0.1, -0.05) is 18.7 Å². The Kier molecular flexibility index (Phi) is 6.88. The van der Waals surface area contributed by atoms with Gasteiger partial charge in [0.2, 0.25) is 5.91 Å². The van der Waals surface area contributed by atoms with E-state index in [-0.39, 0.29) is 23.7 Å². The van der Waals surface area contributed by atoms with Crippen LogP contribution >= 0.6 is 34.4 Å². The number of carbonyl (C=O) groups is 2. The molecule has 3 aromatic rings. The second kappa shape index (κ2) is 9.49. The number of esters is 1. The third-order valence-electron chi connectivity index (χ3n) is 5.58. The molecule has 3 heterocycles. The van der Waals surface area contributed by atoms with Crippen molar-refractivity contribution in [1.82, 2.24) is 9.97 Å². The zero-order valence-corrected chi connectivity index (χ0v) is 21.4. The summed E-state index contributed by atoms with van der Waals surface area (Å²) in [6, 6.07) is 0. The van der Waals surface area contributed by atoms with Crippen LogP contribution in [0.4, 0.5) is 5.00 Å². The summed E-state index contributed by atoms with van der Waals surface area (Å²) >= 11 is 4.55. The monoisotopic (exact) mass is 489 g/mol. The van der Waals surface area contributed by atoms with E-state index in [0.29, 0.717) is 16.5 Å². The van der Waals surface area contributed by atoms with Crippen LogP contribution < -0.4 is 5.32 Å². The average molecular weight is 490 g/mol. The Balaban J connectivity index is 1.54. The average Bonchev–Trinajstić information content (AvgIpc) is 3.22. The van der Waals surface area contributed by atoms with E-state index in [2.05, 4.69) is 36.1 Å². The maximum Gasteiger partial charge on any atom is 0.341 e. The molecule has 6 nitrogen and oxygen atoms in total. The Bertz CT molecular complexity index is 1180. The van der Waals surface area contributed by atoms with E-state index in [9.17, 15) is 9.59 Å². The Morgan fingerprint density at radius 3 is 2.81 bits per heavy atom. The molecule has 1 atom stereocenters. The fourth-order valence-corrected chi connectivity index (χ4v) is 7.22. The summed E-state index contributed by atoms with van der Waals surface area (Å²) in [5, 5.41) is 5.43. The highest BCUT2D eigenvalue weighted by atomic mass is 32.2. The molecule has 3 aromatic heterocycles. The van der Waals surface area contributed by atoms with Gasteiger partial charge in [-0.05, 0) is 64.0 Å². The van der Waals surface area contributed by atoms with Gasteiger partial charge in [0.25, 0.3) is 0 Å². The smallest absolute Gasteiger partial charge is 0.341 e. The van der Waals surface area contributed by atoms with Crippen molar-refractivity contribution in [2.75, 3.05) is 11.1 Å². The number of thiophene rings is 2. The standard InChI is InChI=1S/C23H27N3O3S3/c1-11(2)29-23(28)19-15-7-6-12(3)8-16(15)32-22(19)26-17(27)9-30-20-18-13(4)14(5)31-21(18)25-10-24-20/h10-12H,6-9H2,1-5H3,(H,26,27). The minimum absolute atomic E-state index is 0.156. The molecule has 0 aliphatic heterocycles. The normalized spacial score (nSPS) is 15.8. The van der Waals surface area contributed by atoms with Crippen LogP contribution in [-0.2, 0) is 22.4 Å². The van der Waals surface area contributed by atoms with Crippen LogP contribution in [0.2, 0.25) is 0 Å². The molecule has 9 heteroatoms. The maximum atomic E-state index is 12.9. The second-order valence-corrected chi connectivity index (χ2v) is 11.8. The zero-order chi connectivity index (χ0) is 23.0. The summed E-state index contributed by atoms with van der Waals surface area (Å²) in [5.41, 5.74) is 2.74. The Morgan fingerprint density at radius 1 is 1.28 bits per heavy atom. The summed E-state index contributed by atoms with van der Waals surface area (Å²) in [6.07, 6.45) is 4.15.